The summed E-state index contributed by atoms with van der Waals surface area (Å²) in [5.41, 5.74) is 1.39. The van der Waals surface area contributed by atoms with E-state index in [-0.39, 0.29) is 37.4 Å². The van der Waals surface area contributed by atoms with Crippen LogP contribution in [0.1, 0.15) is 35.1 Å². The van der Waals surface area contributed by atoms with Gasteiger partial charge >= 0.3 is 6.03 Å². The number of halogens is 1. The van der Waals surface area contributed by atoms with Gasteiger partial charge in [-0.1, -0.05) is 36.4 Å². The first-order valence-electron chi connectivity index (χ1n) is 9.91. The smallest absolute Gasteiger partial charge is 0.317 e. The molecule has 1 N–H and O–H groups in total. The number of carbonyl (C=O) groups excluding carboxylic acids is 2. The minimum absolute atomic E-state index is 0. The number of carbonyl (C=O) groups is 2. The normalized spacial score (nSPS) is 17.2. The Kier molecular flexibility index (Phi) is 6.60. The molecule has 1 spiro atoms. The third-order valence-corrected chi connectivity index (χ3v) is 5.98. The molecule has 31 heavy (non-hydrogen) atoms. The molecule has 2 fully saturated rings. The van der Waals surface area contributed by atoms with Gasteiger partial charge in [-0.15, -0.1) is 12.4 Å². The Morgan fingerprint density at radius 3 is 1.94 bits per heavy atom. The van der Waals surface area contributed by atoms with Crippen LogP contribution in [0.2, 0.25) is 0 Å². The van der Waals surface area contributed by atoms with Crippen LogP contribution in [0.25, 0.3) is 0 Å². The lowest BCUT2D eigenvalue weighted by Crippen LogP contribution is -2.55. The van der Waals surface area contributed by atoms with Gasteiger partial charge in [-0.05, 0) is 49.2 Å². The Labute approximate surface area is 187 Å². The summed E-state index contributed by atoms with van der Waals surface area (Å²) >= 11 is 0. The average molecular weight is 436 g/mol. The lowest BCUT2D eigenvalue weighted by Gasteiger charge is -2.38. The van der Waals surface area contributed by atoms with Crippen LogP contribution in [0.4, 0.5) is 4.79 Å². The number of imide groups is 1. The summed E-state index contributed by atoms with van der Waals surface area (Å²) in [7, 11) is 0. The van der Waals surface area contributed by atoms with Gasteiger partial charge in [0, 0.05) is 6.54 Å². The number of urea groups is 1. The highest BCUT2D eigenvalue weighted by Crippen LogP contribution is 2.38. The summed E-state index contributed by atoms with van der Waals surface area (Å²) < 4.78 is 0. The fourth-order valence-electron chi connectivity index (χ4n) is 4.34. The predicted octanol–water partition coefficient (Wildman–Crippen LogP) is 2.94. The SMILES string of the molecule is Cl.N#Cc1ccccc1CN1C(=O)N(Cc2ccccc2C#N)C2(CCNCC2)C1=O. The molecule has 4 rings (SSSR count). The first-order valence-corrected chi connectivity index (χ1v) is 9.91. The highest BCUT2D eigenvalue weighted by Gasteiger charge is 2.57. The molecule has 0 unspecified atom stereocenters. The van der Waals surface area contributed by atoms with E-state index in [0.717, 1.165) is 5.56 Å². The fourth-order valence-corrected chi connectivity index (χ4v) is 4.34. The molecular weight excluding hydrogens is 414 g/mol. The number of nitrogens with zero attached hydrogens (tertiary/aromatic N) is 4. The number of benzene rings is 2. The van der Waals surface area contributed by atoms with Gasteiger partial charge in [0.15, 0.2) is 0 Å². The number of hydrogen-bond donors (Lipinski definition) is 1. The second-order valence-electron chi connectivity index (χ2n) is 7.58. The molecule has 0 radical (unpaired) electrons. The van der Waals surface area contributed by atoms with Crippen LogP contribution in [-0.2, 0) is 17.9 Å². The molecule has 0 aliphatic carbocycles. The number of rotatable bonds is 4. The van der Waals surface area contributed by atoms with E-state index < -0.39 is 5.54 Å². The molecule has 158 valence electrons. The summed E-state index contributed by atoms with van der Waals surface area (Å²) in [5.74, 6) is -0.226. The standard InChI is InChI=1S/C23H21N5O2.ClH/c24-13-17-5-1-3-7-19(17)15-27-21(29)23(9-11-26-12-10-23)28(22(27)30)16-20-8-4-2-6-18(20)14-25;/h1-8,26H,9-12,15-16H2;1H. The van der Waals surface area contributed by atoms with Crippen LogP contribution in [0.5, 0.6) is 0 Å². The van der Waals surface area contributed by atoms with E-state index in [1.807, 2.05) is 12.1 Å². The molecule has 2 aliphatic rings. The van der Waals surface area contributed by atoms with Gasteiger partial charge in [0.25, 0.3) is 5.91 Å². The summed E-state index contributed by atoms with van der Waals surface area (Å²) in [5, 5.41) is 22.1. The maximum absolute atomic E-state index is 13.5. The molecule has 2 aromatic carbocycles. The van der Waals surface area contributed by atoms with Gasteiger partial charge in [-0.3, -0.25) is 9.69 Å². The molecule has 2 aliphatic heterocycles. The zero-order valence-electron chi connectivity index (χ0n) is 16.9. The zero-order chi connectivity index (χ0) is 21.1. The lowest BCUT2D eigenvalue weighted by molar-refractivity contribution is -0.135. The minimum atomic E-state index is -0.924. The Morgan fingerprint density at radius 2 is 1.39 bits per heavy atom. The minimum Gasteiger partial charge on any atom is -0.317 e. The Morgan fingerprint density at radius 1 is 0.871 bits per heavy atom. The van der Waals surface area contributed by atoms with Crippen molar-refractivity contribution in [3.8, 4) is 12.1 Å². The molecule has 7 nitrogen and oxygen atoms in total. The van der Waals surface area contributed by atoms with Crippen molar-refractivity contribution in [2.45, 2.75) is 31.5 Å². The third-order valence-electron chi connectivity index (χ3n) is 5.98. The highest BCUT2D eigenvalue weighted by molar-refractivity contribution is 6.07. The number of hydrogen-bond acceptors (Lipinski definition) is 5. The van der Waals surface area contributed by atoms with Crippen molar-refractivity contribution in [1.29, 1.82) is 10.5 Å². The average Bonchev–Trinajstić information content (AvgIpc) is 2.97. The predicted molar refractivity (Wildman–Crippen MR) is 116 cm³/mol. The van der Waals surface area contributed by atoms with E-state index in [1.54, 1.807) is 41.3 Å². The number of amides is 3. The molecule has 3 amide bonds. The number of nitriles is 2. The van der Waals surface area contributed by atoms with Crippen molar-refractivity contribution in [3.63, 3.8) is 0 Å². The molecule has 2 saturated heterocycles. The topological polar surface area (TPSA) is 100 Å². The molecule has 0 aromatic heterocycles. The molecule has 0 atom stereocenters. The van der Waals surface area contributed by atoms with Gasteiger partial charge < -0.3 is 10.2 Å². The van der Waals surface area contributed by atoms with Gasteiger partial charge in [0.05, 0.1) is 29.8 Å². The van der Waals surface area contributed by atoms with Gasteiger partial charge in [0.1, 0.15) is 5.54 Å². The largest absolute Gasteiger partial charge is 0.328 e. The number of nitrogens with one attached hydrogen (secondary N) is 1. The number of piperidine rings is 1. The van der Waals surface area contributed by atoms with Crippen LogP contribution in [-0.4, -0.2) is 40.4 Å². The van der Waals surface area contributed by atoms with Crippen LogP contribution in [0.15, 0.2) is 48.5 Å². The van der Waals surface area contributed by atoms with Crippen molar-refractivity contribution < 1.29 is 9.59 Å². The third kappa shape index (κ3) is 3.86. The van der Waals surface area contributed by atoms with Crippen LogP contribution in [0.3, 0.4) is 0 Å². The maximum atomic E-state index is 13.5. The molecular formula is C23H22ClN5O2. The first kappa shape index (κ1) is 22.3. The lowest BCUT2D eigenvalue weighted by atomic mass is 9.86. The maximum Gasteiger partial charge on any atom is 0.328 e. The molecule has 0 bridgehead atoms. The van der Waals surface area contributed by atoms with E-state index in [9.17, 15) is 20.1 Å². The van der Waals surface area contributed by atoms with E-state index in [4.69, 9.17) is 0 Å². The Hall–Kier alpha value is -3.39. The van der Waals surface area contributed by atoms with Gasteiger partial charge in [-0.25, -0.2) is 4.79 Å². The summed E-state index contributed by atoms with van der Waals surface area (Å²) in [6, 6.07) is 18.1. The Balaban J connectivity index is 0.00000272. The van der Waals surface area contributed by atoms with Crippen molar-refractivity contribution in [2.75, 3.05) is 13.1 Å². The molecule has 0 saturated carbocycles. The molecule has 8 heteroatoms. The van der Waals surface area contributed by atoms with Crippen molar-refractivity contribution in [1.82, 2.24) is 15.1 Å². The van der Waals surface area contributed by atoms with Gasteiger partial charge in [0.2, 0.25) is 0 Å². The quantitative estimate of drug-likeness (QED) is 0.744. The van der Waals surface area contributed by atoms with E-state index >= 15 is 0 Å². The van der Waals surface area contributed by atoms with E-state index in [0.29, 0.717) is 42.6 Å². The summed E-state index contributed by atoms with van der Waals surface area (Å²) in [4.78, 5) is 29.9. The molecule has 2 aromatic rings. The van der Waals surface area contributed by atoms with Crippen molar-refractivity contribution >= 4 is 24.3 Å². The van der Waals surface area contributed by atoms with Crippen molar-refractivity contribution in [2.24, 2.45) is 0 Å². The van der Waals surface area contributed by atoms with Crippen LogP contribution >= 0.6 is 12.4 Å². The Bertz CT molecular complexity index is 1080. The molecule has 2 heterocycles. The second kappa shape index (κ2) is 9.18. The first-order chi connectivity index (χ1) is 14.6. The van der Waals surface area contributed by atoms with Crippen LogP contribution < -0.4 is 5.32 Å². The van der Waals surface area contributed by atoms with Gasteiger partial charge in [-0.2, -0.15) is 10.5 Å². The monoisotopic (exact) mass is 435 g/mol. The van der Waals surface area contributed by atoms with E-state index in [2.05, 4.69) is 17.5 Å². The highest BCUT2D eigenvalue weighted by atomic mass is 35.5. The zero-order valence-corrected chi connectivity index (χ0v) is 17.7. The summed E-state index contributed by atoms with van der Waals surface area (Å²) in [6.07, 6.45) is 1.03. The van der Waals surface area contributed by atoms with E-state index in [1.165, 1.54) is 4.90 Å². The second-order valence-corrected chi connectivity index (χ2v) is 7.58. The van der Waals surface area contributed by atoms with Crippen LogP contribution in [0, 0.1) is 22.7 Å². The fraction of sp³-hybridized carbons (Fsp3) is 0.304. The van der Waals surface area contributed by atoms with Crippen molar-refractivity contribution in [3.05, 3.63) is 70.8 Å². The summed E-state index contributed by atoms with van der Waals surface area (Å²) in [6.45, 7) is 1.54.